The molecular formula is C17H20N4O2S. The number of aryl methyl sites for hydroxylation is 3. The monoisotopic (exact) mass is 344 g/mol. The Morgan fingerprint density at radius 3 is 2.92 bits per heavy atom. The predicted molar refractivity (Wildman–Crippen MR) is 93.6 cm³/mol. The Labute approximate surface area is 144 Å². The van der Waals surface area contributed by atoms with Gasteiger partial charge in [-0.25, -0.2) is 9.97 Å². The molecule has 0 saturated carbocycles. The summed E-state index contributed by atoms with van der Waals surface area (Å²) in [5.41, 5.74) is 2.16. The minimum atomic E-state index is 0.202. The van der Waals surface area contributed by atoms with Crippen LogP contribution in [0.5, 0.6) is 0 Å². The van der Waals surface area contributed by atoms with Gasteiger partial charge in [0, 0.05) is 23.3 Å². The maximum atomic E-state index is 5.70. The summed E-state index contributed by atoms with van der Waals surface area (Å²) in [6, 6.07) is 2.19. The van der Waals surface area contributed by atoms with Gasteiger partial charge in [-0.3, -0.25) is 0 Å². The van der Waals surface area contributed by atoms with Gasteiger partial charge in [-0.1, -0.05) is 5.16 Å². The van der Waals surface area contributed by atoms with Gasteiger partial charge in [0.15, 0.2) is 0 Å². The fraction of sp³-hybridized carbons (Fsp3) is 0.471. The largest absolute Gasteiger partial charge is 0.379 e. The molecule has 0 bridgehead atoms. The SMILES string of the molecule is Cc1cc(C[C@@H]2COC[C@@H]2Nc2ncnc3sc(C)c(C)c23)on1. The van der Waals surface area contributed by atoms with E-state index in [9.17, 15) is 0 Å². The van der Waals surface area contributed by atoms with E-state index in [-0.39, 0.29) is 6.04 Å². The molecule has 1 saturated heterocycles. The van der Waals surface area contributed by atoms with Crippen molar-refractivity contribution in [2.45, 2.75) is 33.2 Å². The second kappa shape index (κ2) is 6.14. The molecule has 0 unspecified atom stereocenters. The molecule has 3 aromatic heterocycles. The number of fused-ring (bicyclic) bond motifs is 1. The first kappa shape index (κ1) is 15.5. The topological polar surface area (TPSA) is 73.1 Å². The van der Waals surface area contributed by atoms with Crippen molar-refractivity contribution in [1.82, 2.24) is 15.1 Å². The van der Waals surface area contributed by atoms with Gasteiger partial charge in [-0.05, 0) is 26.3 Å². The van der Waals surface area contributed by atoms with Crippen LogP contribution in [0.2, 0.25) is 0 Å². The number of hydrogen-bond acceptors (Lipinski definition) is 7. The lowest BCUT2D eigenvalue weighted by Gasteiger charge is -2.19. The Bertz CT molecular complexity index is 873. The summed E-state index contributed by atoms with van der Waals surface area (Å²) in [7, 11) is 0. The van der Waals surface area contributed by atoms with Crippen LogP contribution in [0.15, 0.2) is 16.9 Å². The highest BCUT2D eigenvalue weighted by Crippen LogP contribution is 2.33. The minimum absolute atomic E-state index is 0.202. The number of thiophene rings is 1. The number of nitrogens with zero attached hydrogens (tertiary/aromatic N) is 3. The highest BCUT2D eigenvalue weighted by molar-refractivity contribution is 7.18. The molecule has 1 aliphatic heterocycles. The maximum absolute atomic E-state index is 5.70. The van der Waals surface area contributed by atoms with E-state index >= 15 is 0 Å². The Morgan fingerprint density at radius 1 is 1.25 bits per heavy atom. The third-order valence-electron chi connectivity index (χ3n) is 4.63. The van der Waals surface area contributed by atoms with E-state index in [1.165, 1.54) is 10.4 Å². The normalized spacial score (nSPS) is 20.8. The molecule has 24 heavy (non-hydrogen) atoms. The Balaban J connectivity index is 1.58. The van der Waals surface area contributed by atoms with Crippen LogP contribution < -0.4 is 5.32 Å². The van der Waals surface area contributed by atoms with Gasteiger partial charge in [-0.15, -0.1) is 11.3 Å². The lowest BCUT2D eigenvalue weighted by molar-refractivity contribution is 0.183. The summed E-state index contributed by atoms with van der Waals surface area (Å²) < 4.78 is 11.1. The van der Waals surface area contributed by atoms with Gasteiger partial charge < -0.3 is 14.6 Å². The minimum Gasteiger partial charge on any atom is -0.379 e. The molecule has 4 rings (SSSR count). The zero-order valence-corrected chi connectivity index (χ0v) is 14.8. The van der Waals surface area contributed by atoms with E-state index in [2.05, 4.69) is 34.3 Å². The number of hydrogen-bond donors (Lipinski definition) is 1. The first-order chi connectivity index (χ1) is 11.6. The van der Waals surface area contributed by atoms with Crippen LogP contribution in [0, 0.1) is 26.7 Å². The molecule has 1 fully saturated rings. The molecule has 2 atom stereocenters. The first-order valence-corrected chi connectivity index (χ1v) is 8.90. The zero-order valence-electron chi connectivity index (χ0n) is 14.0. The van der Waals surface area contributed by atoms with Gasteiger partial charge >= 0.3 is 0 Å². The molecule has 6 nitrogen and oxygen atoms in total. The van der Waals surface area contributed by atoms with Gasteiger partial charge in [-0.2, -0.15) is 0 Å². The molecule has 126 valence electrons. The van der Waals surface area contributed by atoms with Crippen LogP contribution in [0.1, 0.15) is 21.9 Å². The fourth-order valence-electron chi connectivity index (χ4n) is 3.20. The van der Waals surface area contributed by atoms with Crippen LogP contribution >= 0.6 is 11.3 Å². The third-order valence-corrected chi connectivity index (χ3v) is 5.74. The van der Waals surface area contributed by atoms with Crippen molar-refractivity contribution in [2.75, 3.05) is 18.5 Å². The fourth-order valence-corrected chi connectivity index (χ4v) is 4.19. The van der Waals surface area contributed by atoms with E-state index in [0.717, 1.165) is 33.9 Å². The van der Waals surface area contributed by atoms with E-state index < -0.39 is 0 Å². The van der Waals surface area contributed by atoms with Crippen LogP contribution in [-0.4, -0.2) is 34.4 Å². The zero-order chi connectivity index (χ0) is 16.7. The number of anilines is 1. The van der Waals surface area contributed by atoms with Crippen molar-refractivity contribution in [1.29, 1.82) is 0 Å². The van der Waals surface area contributed by atoms with Crippen molar-refractivity contribution >= 4 is 27.4 Å². The lowest BCUT2D eigenvalue weighted by Crippen LogP contribution is -2.29. The number of aromatic nitrogens is 3. The Hall–Kier alpha value is -1.99. The predicted octanol–water partition coefficient (Wildman–Crippen LogP) is 3.27. The summed E-state index contributed by atoms with van der Waals surface area (Å²) in [6.07, 6.45) is 2.44. The lowest BCUT2D eigenvalue weighted by atomic mass is 9.98. The third kappa shape index (κ3) is 2.78. The summed E-state index contributed by atoms with van der Waals surface area (Å²) in [4.78, 5) is 11.2. The van der Waals surface area contributed by atoms with Crippen molar-refractivity contribution in [3.63, 3.8) is 0 Å². The second-order valence-electron chi connectivity index (χ2n) is 6.37. The number of nitrogens with one attached hydrogen (secondary N) is 1. The van der Waals surface area contributed by atoms with E-state index in [1.807, 2.05) is 13.0 Å². The summed E-state index contributed by atoms with van der Waals surface area (Å²) >= 11 is 1.71. The summed E-state index contributed by atoms with van der Waals surface area (Å²) in [5, 5.41) is 8.68. The molecule has 4 heterocycles. The van der Waals surface area contributed by atoms with Gasteiger partial charge in [0.2, 0.25) is 0 Å². The van der Waals surface area contributed by atoms with Crippen LogP contribution in [0.3, 0.4) is 0 Å². The molecule has 0 spiro atoms. The Kier molecular flexibility index (Phi) is 3.97. The molecule has 3 aromatic rings. The quantitative estimate of drug-likeness (QED) is 0.783. The van der Waals surface area contributed by atoms with E-state index in [1.54, 1.807) is 17.7 Å². The van der Waals surface area contributed by atoms with Crippen molar-refractivity contribution in [3.05, 3.63) is 34.3 Å². The van der Waals surface area contributed by atoms with E-state index in [0.29, 0.717) is 19.1 Å². The number of ether oxygens (including phenoxy) is 1. The molecule has 0 aliphatic carbocycles. The molecule has 0 radical (unpaired) electrons. The molecule has 1 N–H and O–H groups in total. The molecule has 7 heteroatoms. The smallest absolute Gasteiger partial charge is 0.138 e. The molecular weight excluding hydrogens is 324 g/mol. The average molecular weight is 344 g/mol. The highest BCUT2D eigenvalue weighted by atomic mass is 32.1. The van der Waals surface area contributed by atoms with Crippen molar-refractivity contribution < 1.29 is 9.26 Å². The maximum Gasteiger partial charge on any atom is 0.138 e. The van der Waals surface area contributed by atoms with Crippen molar-refractivity contribution in [2.24, 2.45) is 5.92 Å². The Morgan fingerprint density at radius 2 is 2.12 bits per heavy atom. The molecule has 0 aromatic carbocycles. The summed E-state index contributed by atoms with van der Waals surface area (Å²) in [6.45, 7) is 7.58. The van der Waals surface area contributed by atoms with Crippen LogP contribution in [-0.2, 0) is 11.2 Å². The van der Waals surface area contributed by atoms with Crippen LogP contribution in [0.4, 0.5) is 5.82 Å². The van der Waals surface area contributed by atoms with Gasteiger partial charge in [0.05, 0.1) is 30.3 Å². The molecule has 0 amide bonds. The van der Waals surface area contributed by atoms with Crippen molar-refractivity contribution in [3.8, 4) is 0 Å². The first-order valence-electron chi connectivity index (χ1n) is 8.09. The highest BCUT2D eigenvalue weighted by Gasteiger charge is 2.30. The summed E-state index contributed by atoms with van der Waals surface area (Å²) in [5.74, 6) is 2.14. The van der Waals surface area contributed by atoms with E-state index in [4.69, 9.17) is 9.26 Å². The number of rotatable bonds is 4. The standard InChI is InChI=1S/C17H20N4O2S/c1-9-4-13(23-21-9)5-12-6-22-7-14(12)20-16-15-10(2)11(3)24-17(15)19-8-18-16/h4,8,12,14H,5-7H2,1-3H3,(H,18,19,20)/t12-,14+/m1/s1. The molecule has 1 aliphatic rings. The average Bonchev–Trinajstić information content (AvgIpc) is 3.23. The van der Waals surface area contributed by atoms with Gasteiger partial charge in [0.1, 0.15) is 22.7 Å². The second-order valence-corrected chi connectivity index (χ2v) is 7.58. The van der Waals surface area contributed by atoms with Gasteiger partial charge in [0.25, 0.3) is 0 Å². The van der Waals surface area contributed by atoms with Crippen LogP contribution in [0.25, 0.3) is 10.2 Å².